The Bertz CT molecular complexity index is 1230. The van der Waals surface area contributed by atoms with Crippen molar-refractivity contribution in [3.05, 3.63) is 72.0 Å². The maximum atomic E-state index is 13.7. The molecule has 37 heavy (non-hydrogen) atoms. The van der Waals surface area contributed by atoms with Crippen LogP contribution in [0.5, 0.6) is 11.5 Å². The molecule has 4 aliphatic rings. The van der Waals surface area contributed by atoms with E-state index in [1.54, 1.807) is 11.0 Å². The fraction of sp³-hybridized carbons (Fsp3) is 0.393. The molecule has 194 valence electrons. The second-order valence-electron chi connectivity index (χ2n) is 10.0. The molecule has 2 bridgehead atoms. The highest BCUT2D eigenvalue weighted by atomic mass is 79.9. The summed E-state index contributed by atoms with van der Waals surface area (Å²) in [6.07, 6.45) is 3.16. The van der Waals surface area contributed by atoms with Crippen LogP contribution in [0, 0.1) is 5.92 Å². The molecule has 2 aromatic carbocycles. The lowest BCUT2D eigenvalue weighted by molar-refractivity contribution is -0.939. The fourth-order valence-electron chi connectivity index (χ4n) is 6.14. The molecule has 0 aliphatic carbocycles. The molecule has 0 spiro atoms. The van der Waals surface area contributed by atoms with Crippen molar-refractivity contribution < 1.29 is 45.1 Å². The lowest BCUT2D eigenvalue weighted by atomic mass is 9.82. The first-order chi connectivity index (χ1) is 17.6. The molecule has 1 amide bonds. The maximum absolute atomic E-state index is 13.7. The van der Waals surface area contributed by atoms with Crippen LogP contribution in [0.2, 0.25) is 0 Å². The van der Waals surface area contributed by atoms with Gasteiger partial charge < -0.3 is 35.5 Å². The first-order valence-corrected chi connectivity index (χ1v) is 12.7. The summed E-state index contributed by atoms with van der Waals surface area (Å²) in [5, 5.41) is 3.95. The number of rotatable bonds is 6. The van der Waals surface area contributed by atoms with Crippen molar-refractivity contribution in [2.75, 3.05) is 37.6 Å². The number of fused-ring (bicyclic) bond motifs is 5. The summed E-state index contributed by atoms with van der Waals surface area (Å²) in [4.78, 5) is 28.7. The number of amides is 1. The van der Waals surface area contributed by atoms with Crippen molar-refractivity contribution in [2.45, 2.75) is 31.8 Å². The van der Waals surface area contributed by atoms with E-state index in [0.717, 1.165) is 37.1 Å². The number of quaternary nitrogens is 1. The number of halogens is 1. The summed E-state index contributed by atoms with van der Waals surface area (Å²) in [6.45, 7) is 5.32. The smallest absolute Gasteiger partial charge is 0.318 e. The average molecular weight is 568 g/mol. The number of hydrogen-bond acceptors (Lipinski definition) is 6. The molecular formula is C28H30BrN3O5. The van der Waals surface area contributed by atoms with Crippen LogP contribution in [-0.2, 0) is 14.3 Å². The van der Waals surface area contributed by atoms with Gasteiger partial charge in [-0.05, 0) is 19.1 Å². The number of hydrogen-bond donors (Lipinski definition) is 0. The molecule has 0 radical (unpaired) electrons. The number of piperidine rings is 3. The number of benzene rings is 2. The molecule has 7 rings (SSSR count). The number of esters is 1. The van der Waals surface area contributed by atoms with Gasteiger partial charge in [0, 0.05) is 42.5 Å². The zero-order valence-electron chi connectivity index (χ0n) is 20.7. The first kappa shape index (κ1) is 25.5. The van der Waals surface area contributed by atoms with Crippen molar-refractivity contribution in [2.24, 2.45) is 5.92 Å². The number of carbonyl (C=O) groups excluding carboxylic acids is 2. The van der Waals surface area contributed by atoms with Gasteiger partial charge in [-0.3, -0.25) is 14.5 Å². The summed E-state index contributed by atoms with van der Waals surface area (Å²) in [6, 6.07) is 17.0. The highest BCUT2D eigenvalue weighted by molar-refractivity contribution is 5.93. The Balaban J connectivity index is 0.00000280. The molecule has 5 heterocycles. The molecule has 4 aliphatic heterocycles. The van der Waals surface area contributed by atoms with E-state index in [-0.39, 0.29) is 35.0 Å². The van der Waals surface area contributed by atoms with Gasteiger partial charge in [-0.1, -0.05) is 41.6 Å². The van der Waals surface area contributed by atoms with Crippen molar-refractivity contribution >= 4 is 17.7 Å². The third kappa shape index (κ3) is 4.66. The summed E-state index contributed by atoms with van der Waals surface area (Å²) in [5.74, 6) is 1.48. The molecule has 0 saturated carbocycles. The van der Waals surface area contributed by atoms with Crippen LogP contribution in [0.25, 0.3) is 0 Å². The van der Waals surface area contributed by atoms with Crippen molar-refractivity contribution in [1.82, 2.24) is 5.16 Å². The molecule has 1 aromatic heterocycles. The van der Waals surface area contributed by atoms with E-state index in [4.69, 9.17) is 14.0 Å². The molecular weight excluding hydrogens is 538 g/mol. The third-order valence-electron chi connectivity index (χ3n) is 8.01. The maximum Gasteiger partial charge on any atom is 0.318 e. The van der Waals surface area contributed by atoms with Crippen LogP contribution in [0.1, 0.15) is 36.8 Å². The Kier molecular flexibility index (Phi) is 7.09. The minimum atomic E-state index is -0.528. The zero-order chi connectivity index (χ0) is 24.7. The van der Waals surface area contributed by atoms with Crippen LogP contribution in [-0.4, -0.2) is 60.3 Å². The van der Waals surface area contributed by atoms with Gasteiger partial charge in [-0.15, -0.1) is 0 Å². The number of aromatic nitrogens is 1. The standard InChI is InChI=1S/C28H30N3O5.BrH/c1-2-30(25-13-16-34-29-25)26(32)18-31-14-11-19(12-15-31)24(17-31)36-28(33)27-20-7-3-5-9-22(20)35-23-10-6-4-8-21(23)27;/h3-10,13,16,19,24,27H,2,11-12,14-15,17-18H2,1H3;1H/q+1;/p-1. The Morgan fingerprint density at radius 1 is 1.03 bits per heavy atom. The Hall–Kier alpha value is -3.17. The summed E-state index contributed by atoms with van der Waals surface area (Å²) < 4.78 is 17.9. The molecule has 9 heteroatoms. The third-order valence-corrected chi connectivity index (χ3v) is 8.01. The van der Waals surface area contributed by atoms with Gasteiger partial charge in [0.2, 0.25) is 0 Å². The fourth-order valence-corrected chi connectivity index (χ4v) is 6.14. The highest BCUT2D eigenvalue weighted by Gasteiger charge is 2.50. The molecule has 3 saturated heterocycles. The topological polar surface area (TPSA) is 81.9 Å². The lowest BCUT2D eigenvalue weighted by Gasteiger charge is -2.52. The summed E-state index contributed by atoms with van der Waals surface area (Å²) >= 11 is 0. The van der Waals surface area contributed by atoms with Crippen molar-refractivity contribution in [3.8, 4) is 11.5 Å². The normalized spacial score (nSPS) is 23.7. The number of carbonyl (C=O) groups is 2. The second kappa shape index (κ2) is 10.3. The number of anilines is 1. The largest absolute Gasteiger partial charge is 1.00 e. The minimum Gasteiger partial charge on any atom is -1.00 e. The predicted octanol–water partition coefficient (Wildman–Crippen LogP) is 1.12. The molecule has 1 atom stereocenters. The van der Waals surface area contributed by atoms with Crippen molar-refractivity contribution in [1.29, 1.82) is 0 Å². The quantitative estimate of drug-likeness (QED) is 0.328. The van der Waals surface area contributed by atoms with Crippen molar-refractivity contribution in [3.63, 3.8) is 0 Å². The SMILES string of the molecule is CCN(C(=O)C[N+]12CCC(CC1)C(OC(=O)C1c3ccccc3Oc3ccccc31)C2)c1ccon1.[Br-]. The first-order valence-electron chi connectivity index (χ1n) is 12.7. The van der Waals surface area contributed by atoms with E-state index in [1.807, 2.05) is 55.5 Å². The molecule has 3 fully saturated rings. The number of ether oxygens (including phenoxy) is 2. The van der Waals surface area contributed by atoms with Gasteiger partial charge in [-0.2, -0.15) is 0 Å². The second-order valence-corrected chi connectivity index (χ2v) is 10.0. The Morgan fingerprint density at radius 3 is 2.27 bits per heavy atom. The molecule has 8 nitrogen and oxygen atoms in total. The average Bonchev–Trinajstić information content (AvgIpc) is 3.42. The highest BCUT2D eigenvalue weighted by Crippen LogP contribution is 2.45. The Labute approximate surface area is 226 Å². The minimum absolute atomic E-state index is 0. The van der Waals surface area contributed by atoms with Gasteiger partial charge in [0.1, 0.15) is 30.2 Å². The van der Waals surface area contributed by atoms with E-state index in [0.29, 0.717) is 47.4 Å². The monoisotopic (exact) mass is 567 g/mol. The van der Waals surface area contributed by atoms with Gasteiger partial charge in [-0.25, -0.2) is 0 Å². The Morgan fingerprint density at radius 2 is 1.68 bits per heavy atom. The zero-order valence-corrected chi connectivity index (χ0v) is 22.3. The lowest BCUT2D eigenvalue weighted by Crippen LogP contribution is -3.00. The van der Waals surface area contributed by atoms with Crippen LogP contribution in [0.4, 0.5) is 5.82 Å². The van der Waals surface area contributed by atoms with Crippen LogP contribution in [0.3, 0.4) is 0 Å². The van der Waals surface area contributed by atoms with E-state index >= 15 is 0 Å². The molecule has 1 unspecified atom stereocenters. The molecule has 0 N–H and O–H groups in total. The summed E-state index contributed by atoms with van der Waals surface area (Å²) in [7, 11) is 0. The van der Waals surface area contributed by atoms with Crippen LogP contribution < -0.4 is 26.6 Å². The van der Waals surface area contributed by atoms with E-state index in [2.05, 4.69) is 5.16 Å². The molecule has 3 aromatic rings. The van der Waals surface area contributed by atoms with Gasteiger partial charge >= 0.3 is 5.97 Å². The van der Waals surface area contributed by atoms with E-state index in [9.17, 15) is 9.59 Å². The van der Waals surface area contributed by atoms with E-state index in [1.165, 1.54) is 6.26 Å². The number of likely N-dealkylation sites (N-methyl/N-ethyl adjacent to an activating group) is 1. The van der Waals surface area contributed by atoms with Crippen LogP contribution >= 0.6 is 0 Å². The van der Waals surface area contributed by atoms with Crippen LogP contribution in [0.15, 0.2) is 65.4 Å². The summed E-state index contributed by atoms with van der Waals surface area (Å²) in [5.41, 5.74) is 1.65. The van der Waals surface area contributed by atoms with Gasteiger partial charge in [0.15, 0.2) is 18.5 Å². The van der Waals surface area contributed by atoms with E-state index < -0.39 is 5.92 Å². The van der Waals surface area contributed by atoms with Gasteiger partial charge in [0.05, 0.1) is 13.1 Å². The van der Waals surface area contributed by atoms with Gasteiger partial charge in [0.25, 0.3) is 5.91 Å². The number of nitrogens with zero attached hydrogens (tertiary/aromatic N) is 3. The predicted molar refractivity (Wildman–Crippen MR) is 132 cm³/mol. The number of para-hydroxylation sites is 2.